The van der Waals surface area contributed by atoms with Crippen molar-refractivity contribution in [3.05, 3.63) is 58.1 Å². The average molecular weight is 306 g/mol. The Bertz CT molecular complexity index is 611. The maximum atomic E-state index is 10.1. The molecule has 0 saturated heterocycles. The molecule has 0 unspecified atom stereocenters. The molecule has 4 heteroatoms. The monoisotopic (exact) mass is 305 g/mol. The number of hydrogen-bond donors (Lipinski definition) is 2. The molecule has 2 rings (SSSR count). The van der Waals surface area contributed by atoms with E-state index in [-0.39, 0.29) is 11.8 Å². The minimum atomic E-state index is 0.130. The maximum Gasteiger partial charge on any atom is 0.162 e. The van der Waals surface area contributed by atoms with Crippen molar-refractivity contribution in [1.82, 2.24) is 5.32 Å². The lowest BCUT2D eigenvalue weighted by atomic mass is 10.1. The van der Waals surface area contributed by atoms with Crippen molar-refractivity contribution in [2.24, 2.45) is 0 Å². The van der Waals surface area contributed by atoms with E-state index in [0.717, 1.165) is 5.56 Å². The highest BCUT2D eigenvalue weighted by Crippen LogP contribution is 2.33. The third kappa shape index (κ3) is 3.90. The summed E-state index contributed by atoms with van der Waals surface area (Å²) in [7, 11) is 1.51. The highest BCUT2D eigenvalue weighted by molar-refractivity contribution is 6.30. The molecular formula is C17H20ClNO2. The van der Waals surface area contributed by atoms with Gasteiger partial charge in [-0.2, -0.15) is 0 Å². The zero-order chi connectivity index (χ0) is 15.4. The van der Waals surface area contributed by atoms with Crippen LogP contribution in [0.3, 0.4) is 0 Å². The average Bonchev–Trinajstić information content (AvgIpc) is 2.48. The SMILES string of the molecule is COc1cc(Cl)cc(CN[C@@H](C)c2ccc(C)cc2)c1O. The molecule has 3 nitrogen and oxygen atoms in total. The van der Waals surface area contributed by atoms with Gasteiger partial charge in [-0.05, 0) is 25.5 Å². The van der Waals surface area contributed by atoms with Crippen molar-refractivity contribution in [2.75, 3.05) is 7.11 Å². The van der Waals surface area contributed by atoms with Crippen LogP contribution in [0, 0.1) is 6.92 Å². The van der Waals surface area contributed by atoms with Gasteiger partial charge in [-0.3, -0.25) is 0 Å². The third-order valence-corrected chi connectivity index (χ3v) is 3.73. The Morgan fingerprint density at radius 3 is 2.52 bits per heavy atom. The molecule has 0 bridgehead atoms. The molecule has 0 heterocycles. The summed E-state index contributed by atoms with van der Waals surface area (Å²) in [6, 6.07) is 11.9. The van der Waals surface area contributed by atoms with Crippen molar-refractivity contribution in [2.45, 2.75) is 26.4 Å². The molecular weight excluding hydrogens is 286 g/mol. The fourth-order valence-electron chi connectivity index (χ4n) is 2.15. The molecule has 0 aliphatic heterocycles. The predicted molar refractivity (Wildman–Crippen MR) is 86.1 cm³/mol. The van der Waals surface area contributed by atoms with Crippen LogP contribution in [0.15, 0.2) is 36.4 Å². The summed E-state index contributed by atoms with van der Waals surface area (Å²) in [5.74, 6) is 0.521. The van der Waals surface area contributed by atoms with Gasteiger partial charge >= 0.3 is 0 Å². The van der Waals surface area contributed by atoms with E-state index in [1.165, 1.54) is 18.2 Å². The fourth-order valence-corrected chi connectivity index (χ4v) is 2.39. The standard InChI is InChI=1S/C17H20ClNO2/c1-11-4-6-13(7-5-11)12(2)19-10-14-8-15(18)9-16(21-3)17(14)20/h4-9,12,19-20H,10H2,1-3H3/t12-/m0/s1. The predicted octanol–water partition coefficient (Wildman–Crippen LogP) is 4.21. The number of halogens is 1. The van der Waals surface area contributed by atoms with Crippen molar-refractivity contribution in [3.63, 3.8) is 0 Å². The van der Waals surface area contributed by atoms with Gasteiger partial charge in [0.1, 0.15) is 0 Å². The molecule has 0 radical (unpaired) electrons. The van der Waals surface area contributed by atoms with E-state index in [1.807, 2.05) is 0 Å². The summed E-state index contributed by atoms with van der Waals surface area (Å²) in [6.07, 6.45) is 0. The smallest absolute Gasteiger partial charge is 0.162 e. The van der Waals surface area contributed by atoms with Crippen LogP contribution in [0.25, 0.3) is 0 Å². The minimum Gasteiger partial charge on any atom is -0.504 e. The Labute approximate surface area is 130 Å². The lowest BCUT2D eigenvalue weighted by Gasteiger charge is -2.16. The van der Waals surface area contributed by atoms with Crippen LogP contribution in [-0.4, -0.2) is 12.2 Å². The first-order valence-corrected chi connectivity index (χ1v) is 7.24. The van der Waals surface area contributed by atoms with Crippen molar-refractivity contribution in [1.29, 1.82) is 0 Å². The second kappa shape index (κ2) is 6.83. The highest BCUT2D eigenvalue weighted by atomic mass is 35.5. The first kappa shape index (κ1) is 15.7. The molecule has 0 fully saturated rings. The van der Waals surface area contributed by atoms with Crippen LogP contribution in [0.5, 0.6) is 11.5 Å². The number of nitrogens with one attached hydrogen (secondary N) is 1. The number of ether oxygens (including phenoxy) is 1. The number of rotatable bonds is 5. The Morgan fingerprint density at radius 1 is 1.24 bits per heavy atom. The van der Waals surface area contributed by atoms with Gasteiger partial charge in [0.05, 0.1) is 7.11 Å². The molecule has 1 atom stereocenters. The second-order valence-electron chi connectivity index (χ2n) is 5.13. The lowest BCUT2D eigenvalue weighted by molar-refractivity contribution is 0.369. The summed E-state index contributed by atoms with van der Waals surface area (Å²) in [4.78, 5) is 0. The number of hydrogen-bond acceptors (Lipinski definition) is 3. The van der Waals surface area contributed by atoms with Gasteiger partial charge in [-0.15, -0.1) is 0 Å². The van der Waals surface area contributed by atoms with E-state index in [9.17, 15) is 5.11 Å². The Balaban J connectivity index is 2.09. The van der Waals surface area contributed by atoms with Crippen LogP contribution >= 0.6 is 11.6 Å². The number of benzene rings is 2. The van der Waals surface area contributed by atoms with Crippen molar-refractivity contribution in [3.8, 4) is 11.5 Å². The first-order chi connectivity index (χ1) is 10.0. The molecule has 0 aromatic heterocycles. The number of phenols is 1. The van der Waals surface area contributed by atoms with E-state index >= 15 is 0 Å². The first-order valence-electron chi connectivity index (χ1n) is 6.86. The molecule has 2 N–H and O–H groups in total. The fraction of sp³-hybridized carbons (Fsp3) is 0.294. The van der Waals surface area contributed by atoms with Crippen LogP contribution in [0.2, 0.25) is 5.02 Å². The molecule has 2 aromatic carbocycles. The Hall–Kier alpha value is -1.71. The summed E-state index contributed by atoms with van der Waals surface area (Å²) in [6.45, 7) is 4.67. The molecule has 0 aliphatic rings. The van der Waals surface area contributed by atoms with Gasteiger partial charge in [0.25, 0.3) is 0 Å². The summed E-state index contributed by atoms with van der Waals surface area (Å²) in [5.41, 5.74) is 3.16. The zero-order valence-electron chi connectivity index (χ0n) is 12.5. The van der Waals surface area contributed by atoms with Crippen LogP contribution in [0.1, 0.15) is 29.7 Å². The van der Waals surface area contributed by atoms with E-state index in [0.29, 0.717) is 17.3 Å². The molecule has 0 saturated carbocycles. The van der Waals surface area contributed by atoms with E-state index < -0.39 is 0 Å². The van der Waals surface area contributed by atoms with Crippen LogP contribution in [0.4, 0.5) is 0 Å². The van der Waals surface area contributed by atoms with Crippen molar-refractivity contribution < 1.29 is 9.84 Å². The van der Waals surface area contributed by atoms with E-state index in [4.69, 9.17) is 16.3 Å². The molecule has 0 aliphatic carbocycles. The van der Waals surface area contributed by atoms with Crippen LogP contribution < -0.4 is 10.1 Å². The van der Waals surface area contributed by atoms with Gasteiger partial charge in [-0.1, -0.05) is 41.4 Å². The lowest BCUT2D eigenvalue weighted by Crippen LogP contribution is -2.18. The second-order valence-corrected chi connectivity index (χ2v) is 5.57. The van der Waals surface area contributed by atoms with Gasteiger partial charge < -0.3 is 15.2 Å². The number of aryl methyl sites for hydroxylation is 1. The summed E-state index contributed by atoms with van der Waals surface area (Å²) >= 11 is 6.03. The van der Waals surface area contributed by atoms with E-state index in [2.05, 4.69) is 43.4 Å². The van der Waals surface area contributed by atoms with Gasteiger partial charge in [0.15, 0.2) is 11.5 Å². The minimum absolute atomic E-state index is 0.130. The van der Waals surface area contributed by atoms with E-state index in [1.54, 1.807) is 12.1 Å². The zero-order valence-corrected chi connectivity index (χ0v) is 13.2. The van der Waals surface area contributed by atoms with Crippen LogP contribution in [-0.2, 0) is 6.54 Å². The molecule has 0 spiro atoms. The van der Waals surface area contributed by atoms with Gasteiger partial charge in [0, 0.05) is 29.2 Å². The summed E-state index contributed by atoms with van der Waals surface area (Å²) in [5, 5.41) is 14.0. The molecule has 21 heavy (non-hydrogen) atoms. The highest BCUT2D eigenvalue weighted by Gasteiger charge is 2.11. The number of aromatic hydroxyl groups is 1. The number of phenolic OH excluding ortho intramolecular Hbond substituents is 1. The Kier molecular flexibility index (Phi) is 5.10. The number of methoxy groups -OCH3 is 1. The summed E-state index contributed by atoms with van der Waals surface area (Å²) < 4.78 is 5.11. The molecule has 2 aromatic rings. The quantitative estimate of drug-likeness (QED) is 0.869. The largest absolute Gasteiger partial charge is 0.504 e. The topological polar surface area (TPSA) is 41.5 Å². The Morgan fingerprint density at radius 2 is 1.90 bits per heavy atom. The van der Waals surface area contributed by atoms with Crippen molar-refractivity contribution >= 4 is 11.6 Å². The van der Waals surface area contributed by atoms with Gasteiger partial charge in [0.2, 0.25) is 0 Å². The maximum absolute atomic E-state index is 10.1. The molecule has 0 amide bonds. The molecule has 112 valence electrons. The third-order valence-electron chi connectivity index (χ3n) is 3.51. The van der Waals surface area contributed by atoms with Gasteiger partial charge in [-0.25, -0.2) is 0 Å². The normalized spacial score (nSPS) is 12.2.